The third-order valence-corrected chi connectivity index (χ3v) is 4.04. The van der Waals surface area contributed by atoms with Gasteiger partial charge in [-0.15, -0.1) is 11.8 Å². The lowest BCUT2D eigenvalue weighted by molar-refractivity contribution is -0.172. The van der Waals surface area contributed by atoms with E-state index in [9.17, 15) is 14.4 Å². The summed E-state index contributed by atoms with van der Waals surface area (Å²) in [4.78, 5) is 35.9. The molecule has 0 aliphatic rings. The van der Waals surface area contributed by atoms with Crippen molar-refractivity contribution >= 4 is 33.7 Å². The number of rotatable bonds is 11. The molecule has 0 aliphatic heterocycles. The zero-order valence-electron chi connectivity index (χ0n) is 17.0. The molecule has 28 heavy (non-hydrogen) atoms. The first-order valence-corrected chi connectivity index (χ1v) is 10.2. The minimum Gasteiger partial charge on any atom is -0.465 e. The Morgan fingerprint density at radius 2 is 1.50 bits per heavy atom. The molecule has 0 aliphatic carbocycles. The third kappa shape index (κ3) is 10.3. The summed E-state index contributed by atoms with van der Waals surface area (Å²) >= 11 is 3.24. The van der Waals surface area contributed by atoms with E-state index < -0.39 is 17.4 Å². The summed E-state index contributed by atoms with van der Waals surface area (Å²) in [6.45, 7) is 9.03. The second-order valence-corrected chi connectivity index (χ2v) is 7.28. The Kier molecular flexibility index (Phi) is 13.8. The topological polar surface area (TPSA) is 69.7 Å². The van der Waals surface area contributed by atoms with Crippen LogP contribution in [0.3, 0.4) is 0 Å². The van der Waals surface area contributed by atoms with Gasteiger partial charge in [-0.3, -0.25) is 9.59 Å². The predicted octanol–water partition coefficient (Wildman–Crippen LogP) is 4.33. The molecule has 5 nitrogen and oxygen atoms in total. The van der Waals surface area contributed by atoms with Gasteiger partial charge in [-0.2, -0.15) is 0 Å². The number of esters is 2. The van der Waals surface area contributed by atoms with Crippen LogP contribution in [-0.4, -0.2) is 30.9 Å². The lowest BCUT2D eigenvalue weighted by Crippen LogP contribution is -2.42. The lowest BCUT2D eigenvalue weighted by Gasteiger charge is -2.28. The van der Waals surface area contributed by atoms with Crippen LogP contribution in [0.4, 0.5) is 0 Å². The summed E-state index contributed by atoms with van der Waals surface area (Å²) in [5.41, 5.74) is -1.46. The van der Waals surface area contributed by atoms with Crippen LogP contribution in [0.1, 0.15) is 65.7 Å². The molecule has 0 aromatic heterocycles. The molecule has 0 fully saturated rings. The molecule has 0 bridgehead atoms. The Bertz CT molecular complexity index is 655. The Morgan fingerprint density at radius 1 is 0.964 bits per heavy atom. The van der Waals surface area contributed by atoms with Crippen LogP contribution in [0.25, 0.3) is 0 Å². The summed E-state index contributed by atoms with van der Waals surface area (Å²) in [5, 5.41) is 0. The van der Waals surface area contributed by atoms with Gasteiger partial charge in [0.25, 0.3) is 0 Å². The maximum atomic E-state index is 12.6. The summed E-state index contributed by atoms with van der Waals surface area (Å²) in [5.74, 6) is 10.7. The van der Waals surface area contributed by atoms with E-state index in [1.165, 1.54) is 0 Å². The SMILES string of the molecule is C=C(Br)CC(CCC#CCC#CCCCC(C)=O)(C(=O)OCC)C(=O)OCC. The van der Waals surface area contributed by atoms with E-state index in [1.54, 1.807) is 20.8 Å². The number of hydrogen-bond acceptors (Lipinski definition) is 5. The number of halogens is 1. The second kappa shape index (κ2) is 14.9. The number of ether oxygens (including phenoxy) is 2. The van der Waals surface area contributed by atoms with Crippen LogP contribution >= 0.6 is 15.9 Å². The van der Waals surface area contributed by atoms with Crippen LogP contribution in [-0.2, 0) is 23.9 Å². The number of unbranched alkanes of at least 4 members (excludes halogenated alkanes) is 1. The van der Waals surface area contributed by atoms with Gasteiger partial charge >= 0.3 is 11.9 Å². The van der Waals surface area contributed by atoms with Crippen LogP contribution in [0, 0.1) is 29.1 Å². The largest absolute Gasteiger partial charge is 0.465 e. The highest BCUT2D eigenvalue weighted by Gasteiger charge is 2.48. The quantitative estimate of drug-likeness (QED) is 0.202. The van der Waals surface area contributed by atoms with Crippen molar-refractivity contribution in [1.29, 1.82) is 0 Å². The number of ketones is 1. The Balaban J connectivity index is 4.96. The fourth-order valence-corrected chi connectivity index (χ4v) is 2.91. The fraction of sp³-hybridized carbons (Fsp3) is 0.591. The molecule has 0 amide bonds. The van der Waals surface area contributed by atoms with Gasteiger partial charge in [-0.25, -0.2) is 0 Å². The third-order valence-electron chi connectivity index (χ3n) is 3.76. The van der Waals surface area contributed by atoms with E-state index in [0.717, 1.165) is 6.42 Å². The van der Waals surface area contributed by atoms with Crippen molar-refractivity contribution in [2.75, 3.05) is 13.2 Å². The van der Waals surface area contributed by atoms with E-state index in [4.69, 9.17) is 9.47 Å². The van der Waals surface area contributed by atoms with E-state index in [-0.39, 0.29) is 31.8 Å². The summed E-state index contributed by atoms with van der Waals surface area (Å²) in [7, 11) is 0. The zero-order valence-corrected chi connectivity index (χ0v) is 18.6. The van der Waals surface area contributed by atoms with Crippen molar-refractivity contribution in [2.45, 2.75) is 65.7 Å². The molecule has 0 atom stereocenters. The first kappa shape index (κ1) is 26.0. The minimum absolute atomic E-state index is 0.0856. The van der Waals surface area contributed by atoms with Gasteiger partial charge in [-0.1, -0.05) is 34.3 Å². The van der Waals surface area contributed by atoms with Crippen molar-refractivity contribution in [3.8, 4) is 23.7 Å². The fourth-order valence-electron chi connectivity index (χ4n) is 2.43. The predicted molar refractivity (Wildman–Crippen MR) is 112 cm³/mol. The first-order valence-electron chi connectivity index (χ1n) is 9.38. The van der Waals surface area contributed by atoms with Crippen molar-refractivity contribution in [2.24, 2.45) is 5.41 Å². The standard InChI is InChI=1S/C22H29BrO5/c1-5-27-20(25)22(17-18(3)23,21(26)28-6-2)16-14-12-10-8-7-9-11-13-15-19(4)24/h3,5-6,8,11,13-17H2,1-2,4H3. The van der Waals surface area contributed by atoms with Gasteiger partial charge < -0.3 is 14.3 Å². The second-order valence-electron chi connectivity index (χ2n) is 6.16. The Morgan fingerprint density at radius 3 is 1.96 bits per heavy atom. The molecule has 0 aromatic rings. The molecule has 0 rings (SSSR count). The monoisotopic (exact) mass is 452 g/mol. The van der Waals surface area contributed by atoms with Crippen molar-refractivity contribution in [3.63, 3.8) is 0 Å². The summed E-state index contributed by atoms with van der Waals surface area (Å²) < 4.78 is 10.8. The number of carbonyl (C=O) groups excluding carboxylic acids is 3. The molecule has 154 valence electrons. The molecule has 0 unspecified atom stereocenters. The number of carbonyl (C=O) groups is 3. The van der Waals surface area contributed by atoms with Crippen LogP contribution in [0.5, 0.6) is 0 Å². The van der Waals surface area contributed by atoms with E-state index in [1.807, 2.05) is 0 Å². The van der Waals surface area contributed by atoms with Crippen molar-refractivity contribution in [3.05, 3.63) is 11.1 Å². The molecule has 0 spiro atoms. The van der Waals surface area contributed by atoms with Gasteiger partial charge in [0.2, 0.25) is 0 Å². The average molecular weight is 453 g/mol. The van der Waals surface area contributed by atoms with Gasteiger partial charge in [0, 0.05) is 25.7 Å². The number of Topliss-reactive ketones (excluding diaryl/α,β-unsaturated/α-hetero) is 1. The van der Waals surface area contributed by atoms with Gasteiger partial charge in [0.05, 0.1) is 19.6 Å². The highest BCUT2D eigenvalue weighted by Crippen LogP contribution is 2.36. The van der Waals surface area contributed by atoms with Gasteiger partial charge in [-0.05, 0) is 38.1 Å². The highest BCUT2D eigenvalue weighted by atomic mass is 79.9. The van der Waals surface area contributed by atoms with Gasteiger partial charge in [0.15, 0.2) is 5.41 Å². The number of allylic oxidation sites excluding steroid dienone is 1. The normalized spacial score (nSPS) is 10.0. The van der Waals surface area contributed by atoms with E-state index >= 15 is 0 Å². The Hall–Kier alpha value is -2.05. The molecule has 0 N–H and O–H groups in total. The lowest BCUT2D eigenvalue weighted by atomic mass is 9.80. The zero-order chi connectivity index (χ0) is 21.4. The van der Waals surface area contributed by atoms with E-state index in [2.05, 4.69) is 46.2 Å². The van der Waals surface area contributed by atoms with Gasteiger partial charge in [0.1, 0.15) is 5.78 Å². The van der Waals surface area contributed by atoms with Crippen molar-refractivity contribution < 1.29 is 23.9 Å². The first-order chi connectivity index (χ1) is 13.3. The average Bonchev–Trinajstić information content (AvgIpc) is 2.61. The maximum absolute atomic E-state index is 12.6. The molecule has 0 saturated carbocycles. The van der Waals surface area contributed by atoms with Crippen LogP contribution < -0.4 is 0 Å². The smallest absolute Gasteiger partial charge is 0.323 e. The molecule has 0 radical (unpaired) electrons. The molecule has 0 heterocycles. The van der Waals surface area contributed by atoms with E-state index in [0.29, 0.717) is 30.2 Å². The van der Waals surface area contributed by atoms with Crippen LogP contribution in [0.15, 0.2) is 11.1 Å². The molecule has 0 aromatic carbocycles. The maximum Gasteiger partial charge on any atom is 0.323 e. The summed E-state index contributed by atoms with van der Waals surface area (Å²) in [6.07, 6.45) is 2.96. The molecular formula is C22H29BrO5. The number of hydrogen-bond donors (Lipinski definition) is 0. The Labute approximate surface area is 176 Å². The molecular weight excluding hydrogens is 424 g/mol. The van der Waals surface area contributed by atoms with Crippen molar-refractivity contribution in [1.82, 2.24) is 0 Å². The minimum atomic E-state index is -1.46. The summed E-state index contributed by atoms with van der Waals surface area (Å²) in [6, 6.07) is 0. The molecule has 0 saturated heterocycles. The molecule has 6 heteroatoms. The van der Waals surface area contributed by atoms with Crippen LogP contribution in [0.2, 0.25) is 0 Å². The highest BCUT2D eigenvalue weighted by molar-refractivity contribution is 9.11.